The number of aryl methyl sites for hydroxylation is 1. The Morgan fingerprint density at radius 1 is 1.13 bits per heavy atom. The average molecular weight is 448 g/mol. The zero-order valence-corrected chi connectivity index (χ0v) is 19.2. The molecule has 1 amide bonds. The number of carbonyl (C=O) groups is 1. The van der Waals surface area contributed by atoms with Crippen LogP contribution in [0.4, 0.5) is 5.13 Å². The monoisotopic (exact) mass is 447 g/mol. The molecular formula is C22H29N3O3S2. The summed E-state index contributed by atoms with van der Waals surface area (Å²) in [5.41, 5.74) is 1.52. The smallest absolute Gasteiger partial charge is 0.257 e. The van der Waals surface area contributed by atoms with Crippen LogP contribution in [0.25, 0.3) is 0 Å². The van der Waals surface area contributed by atoms with Crippen LogP contribution < -0.4 is 5.32 Å². The number of fused-ring (bicyclic) bond motifs is 1. The minimum atomic E-state index is -3.56. The summed E-state index contributed by atoms with van der Waals surface area (Å²) in [4.78, 5) is 18.7. The van der Waals surface area contributed by atoms with Crippen LogP contribution in [0.5, 0.6) is 0 Å². The third-order valence-electron chi connectivity index (χ3n) is 6.29. The lowest BCUT2D eigenvalue weighted by Crippen LogP contribution is -2.38. The van der Waals surface area contributed by atoms with Crippen molar-refractivity contribution >= 4 is 32.4 Å². The molecule has 8 heteroatoms. The first-order valence-electron chi connectivity index (χ1n) is 10.7. The fourth-order valence-corrected chi connectivity index (χ4v) is 6.93. The van der Waals surface area contributed by atoms with E-state index in [-0.39, 0.29) is 16.8 Å². The second kappa shape index (κ2) is 8.77. The van der Waals surface area contributed by atoms with E-state index in [4.69, 9.17) is 0 Å². The van der Waals surface area contributed by atoms with E-state index in [0.717, 1.165) is 50.6 Å². The number of rotatable bonds is 5. The molecule has 0 bridgehead atoms. The van der Waals surface area contributed by atoms with Crippen molar-refractivity contribution in [3.8, 4) is 0 Å². The Bertz CT molecular complexity index is 1010. The van der Waals surface area contributed by atoms with Gasteiger partial charge in [-0.15, -0.1) is 11.3 Å². The molecule has 2 aromatic rings. The number of anilines is 1. The van der Waals surface area contributed by atoms with Crippen LogP contribution in [0.15, 0.2) is 29.2 Å². The maximum Gasteiger partial charge on any atom is 0.257 e. The Kier molecular flexibility index (Phi) is 6.27. The van der Waals surface area contributed by atoms with Crippen molar-refractivity contribution in [3.05, 3.63) is 40.4 Å². The van der Waals surface area contributed by atoms with Crippen LogP contribution in [0.3, 0.4) is 0 Å². The van der Waals surface area contributed by atoms with Crippen LogP contribution >= 0.6 is 11.3 Å². The van der Waals surface area contributed by atoms with Crippen LogP contribution in [-0.4, -0.2) is 36.7 Å². The molecule has 6 nitrogen and oxygen atoms in total. The molecule has 0 radical (unpaired) electrons. The van der Waals surface area contributed by atoms with Gasteiger partial charge in [0.1, 0.15) is 0 Å². The van der Waals surface area contributed by atoms with E-state index in [9.17, 15) is 13.2 Å². The van der Waals surface area contributed by atoms with Gasteiger partial charge in [-0.3, -0.25) is 10.1 Å². The van der Waals surface area contributed by atoms with E-state index in [0.29, 0.717) is 16.6 Å². The lowest BCUT2D eigenvalue weighted by atomic mass is 9.93. The molecule has 2 aliphatic carbocycles. The molecule has 1 saturated carbocycles. The number of benzene rings is 1. The van der Waals surface area contributed by atoms with Gasteiger partial charge in [0.05, 0.1) is 10.6 Å². The van der Waals surface area contributed by atoms with Gasteiger partial charge in [-0.1, -0.05) is 26.2 Å². The predicted molar refractivity (Wildman–Crippen MR) is 120 cm³/mol. The fraction of sp³-hybridized carbons (Fsp3) is 0.545. The van der Waals surface area contributed by atoms with E-state index < -0.39 is 10.0 Å². The van der Waals surface area contributed by atoms with Gasteiger partial charge in [0.15, 0.2) is 5.13 Å². The van der Waals surface area contributed by atoms with Crippen molar-refractivity contribution in [1.29, 1.82) is 0 Å². The number of nitrogens with one attached hydrogen (secondary N) is 1. The molecule has 1 N–H and O–H groups in total. The molecule has 0 saturated heterocycles. The van der Waals surface area contributed by atoms with Crippen LogP contribution in [0.1, 0.15) is 66.4 Å². The molecule has 30 heavy (non-hydrogen) atoms. The standard InChI is InChI=1S/C22H29N3O3S2/c1-15-8-13-19-20(14-15)29-22(23-19)24-21(26)16-9-11-18(12-10-16)30(27,28)25(2)17-6-4-3-5-7-17/h9-12,15,17H,3-8,13-14H2,1-2H3,(H,23,24,26). The number of aromatic nitrogens is 1. The van der Waals surface area contributed by atoms with Crippen LogP contribution in [0, 0.1) is 5.92 Å². The molecule has 0 aliphatic heterocycles. The number of sulfonamides is 1. The van der Waals surface area contributed by atoms with Gasteiger partial charge >= 0.3 is 0 Å². The Labute approximate surface area is 182 Å². The molecule has 1 fully saturated rings. The number of nitrogens with zero attached hydrogens (tertiary/aromatic N) is 2. The third kappa shape index (κ3) is 4.45. The van der Waals surface area contributed by atoms with Gasteiger partial charge < -0.3 is 0 Å². The normalized spacial score (nSPS) is 20.2. The van der Waals surface area contributed by atoms with Crippen molar-refractivity contribution in [2.75, 3.05) is 12.4 Å². The van der Waals surface area contributed by atoms with Gasteiger partial charge in [-0.25, -0.2) is 13.4 Å². The van der Waals surface area contributed by atoms with E-state index >= 15 is 0 Å². The van der Waals surface area contributed by atoms with Gasteiger partial charge in [0, 0.05) is 23.5 Å². The van der Waals surface area contributed by atoms with E-state index in [1.165, 1.54) is 27.7 Å². The molecule has 162 valence electrons. The summed E-state index contributed by atoms with van der Waals surface area (Å²) in [6, 6.07) is 6.26. The Morgan fingerprint density at radius 3 is 2.53 bits per heavy atom. The van der Waals surface area contributed by atoms with Crippen molar-refractivity contribution in [2.45, 2.75) is 69.2 Å². The lowest BCUT2D eigenvalue weighted by Gasteiger charge is -2.30. The molecule has 1 heterocycles. The van der Waals surface area contributed by atoms with Crippen LogP contribution in [0.2, 0.25) is 0 Å². The van der Waals surface area contributed by atoms with E-state index in [2.05, 4.69) is 17.2 Å². The number of amides is 1. The van der Waals surface area contributed by atoms with Crippen molar-refractivity contribution < 1.29 is 13.2 Å². The maximum atomic E-state index is 13.0. The largest absolute Gasteiger partial charge is 0.298 e. The lowest BCUT2D eigenvalue weighted by molar-refractivity contribution is 0.102. The SMILES string of the molecule is CC1CCc2nc(NC(=O)c3ccc(S(=O)(=O)N(C)C4CCCCC4)cc3)sc2C1. The van der Waals surface area contributed by atoms with Gasteiger partial charge in [0.25, 0.3) is 5.91 Å². The van der Waals surface area contributed by atoms with Crippen molar-refractivity contribution in [1.82, 2.24) is 9.29 Å². The van der Waals surface area contributed by atoms with E-state index in [1.54, 1.807) is 30.5 Å². The highest BCUT2D eigenvalue weighted by molar-refractivity contribution is 7.89. The topological polar surface area (TPSA) is 79.4 Å². The first kappa shape index (κ1) is 21.5. The Morgan fingerprint density at radius 2 is 1.83 bits per heavy atom. The van der Waals surface area contributed by atoms with Gasteiger partial charge in [-0.2, -0.15) is 4.31 Å². The first-order valence-corrected chi connectivity index (χ1v) is 13.0. The zero-order valence-electron chi connectivity index (χ0n) is 17.6. The summed E-state index contributed by atoms with van der Waals surface area (Å²) in [5, 5.41) is 3.49. The zero-order chi connectivity index (χ0) is 21.3. The molecule has 4 rings (SSSR count). The minimum absolute atomic E-state index is 0.0605. The number of thiazole rings is 1. The highest BCUT2D eigenvalue weighted by Crippen LogP contribution is 2.32. The van der Waals surface area contributed by atoms with Crippen molar-refractivity contribution in [2.24, 2.45) is 5.92 Å². The van der Waals surface area contributed by atoms with Gasteiger partial charge in [-0.05, 0) is 62.3 Å². The second-order valence-corrected chi connectivity index (χ2v) is 11.6. The molecule has 1 atom stereocenters. The summed E-state index contributed by atoms with van der Waals surface area (Å²) in [6.07, 6.45) is 8.25. The molecule has 2 aliphatic rings. The second-order valence-electron chi connectivity index (χ2n) is 8.53. The minimum Gasteiger partial charge on any atom is -0.298 e. The highest BCUT2D eigenvalue weighted by Gasteiger charge is 2.29. The highest BCUT2D eigenvalue weighted by atomic mass is 32.2. The summed E-state index contributed by atoms with van der Waals surface area (Å²) in [5.74, 6) is 0.390. The van der Waals surface area contributed by atoms with E-state index in [1.807, 2.05) is 0 Å². The molecule has 1 unspecified atom stereocenters. The molecule has 1 aromatic carbocycles. The van der Waals surface area contributed by atoms with Crippen LogP contribution in [-0.2, 0) is 22.9 Å². The fourth-order valence-electron chi connectivity index (χ4n) is 4.35. The first-order chi connectivity index (χ1) is 14.3. The maximum absolute atomic E-state index is 13.0. The van der Waals surface area contributed by atoms with Gasteiger partial charge in [0.2, 0.25) is 10.0 Å². The summed E-state index contributed by atoms with van der Waals surface area (Å²) >= 11 is 1.54. The number of carbonyl (C=O) groups excluding carboxylic acids is 1. The number of hydrogen-bond donors (Lipinski definition) is 1. The summed E-state index contributed by atoms with van der Waals surface area (Å²) in [6.45, 7) is 2.24. The molecule has 0 spiro atoms. The van der Waals surface area contributed by atoms with Crippen molar-refractivity contribution in [3.63, 3.8) is 0 Å². The summed E-state index contributed by atoms with van der Waals surface area (Å²) < 4.78 is 27.4. The Hall–Kier alpha value is -1.77. The molecular weight excluding hydrogens is 418 g/mol. The Balaban J connectivity index is 1.44. The molecule has 1 aromatic heterocycles. The predicted octanol–water partition coefficient (Wildman–Crippen LogP) is 4.47. The quantitative estimate of drug-likeness (QED) is 0.733. The summed E-state index contributed by atoms with van der Waals surface area (Å²) in [7, 11) is -1.89. The third-order valence-corrected chi connectivity index (χ3v) is 9.25. The average Bonchev–Trinajstić information content (AvgIpc) is 3.15. The number of hydrogen-bond acceptors (Lipinski definition) is 5.